The second-order valence-corrected chi connectivity index (χ2v) is 6.46. The fourth-order valence-electron chi connectivity index (χ4n) is 2.28. The number of aromatic nitrogens is 1. The van der Waals surface area contributed by atoms with Crippen LogP contribution in [0.2, 0.25) is 0 Å². The molecule has 0 bridgehead atoms. The van der Waals surface area contributed by atoms with Crippen LogP contribution in [0, 0.1) is 0 Å². The molecule has 0 unspecified atom stereocenters. The standard InChI is InChI=1S/C19H22N2O3S/c1-13(15-8-5-4-6-9-15)12-21-17(22)14(2)24-19(23)16-10-7-11-20-18(16)25-3/h4-11,13-14H,12H2,1-3H3,(H,21,22)/t13-,14+/m0/s1. The lowest BCUT2D eigenvalue weighted by molar-refractivity contribution is -0.129. The van der Waals surface area contributed by atoms with Crippen molar-refractivity contribution in [1.82, 2.24) is 10.3 Å². The Balaban J connectivity index is 1.88. The zero-order valence-corrected chi connectivity index (χ0v) is 15.4. The molecule has 5 nitrogen and oxygen atoms in total. The summed E-state index contributed by atoms with van der Waals surface area (Å²) in [6.45, 7) is 4.08. The molecule has 1 aromatic heterocycles. The number of ether oxygens (including phenoxy) is 1. The van der Waals surface area contributed by atoms with Gasteiger partial charge in [0, 0.05) is 12.7 Å². The van der Waals surface area contributed by atoms with Gasteiger partial charge in [-0.25, -0.2) is 9.78 Å². The molecule has 0 aliphatic rings. The summed E-state index contributed by atoms with van der Waals surface area (Å²) in [4.78, 5) is 28.6. The highest BCUT2D eigenvalue weighted by Gasteiger charge is 2.21. The molecule has 1 amide bonds. The summed E-state index contributed by atoms with van der Waals surface area (Å²) >= 11 is 1.36. The molecule has 1 N–H and O–H groups in total. The van der Waals surface area contributed by atoms with E-state index in [0.717, 1.165) is 5.56 Å². The van der Waals surface area contributed by atoms with Crippen LogP contribution in [0.15, 0.2) is 53.7 Å². The fourth-order valence-corrected chi connectivity index (χ4v) is 2.82. The van der Waals surface area contributed by atoms with Gasteiger partial charge in [-0.3, -0.25) is 4.79 Å². The van der Waals surface area contributed by atoms with Gasteiger partial charge in [-0.05, 0) is 36.8 Å². The maximum Gasteiger partial charge on any atom is 0.341 e. The minimum absolute atomic E-state index is 0.175. The molecule has 0 radical (unpaired) electrons. The summed E-state index contributed by atoms with van der Waals surface area (Å²) in [6.07, 6.45) is 2.58. The van der Waals surface area contributed by atoms with Crippen LogP contribution in [0.3, 0.4) is 0 Å². The Morgan fingerprint density at radius 3 is 2.56 bits per heavy atom. The van der Waals surface area contributed by atoms with Crippen LogP contribution >= 0.6 is 11.8 Å². The molecule has 6 heteroatoms. The molecular weight excluding hydrogens is 336 g/mol. The van der Waals surface area contributed by atoms with Crippen molar-refractivity contribution >= 4 is 23.6 Å². The highest BCUT2D eigenvalue weighted by Crippen LogP contribution is 2.18. The molecular formula is C19H22N2O3S. The molecule has 132 valence electrons. The van der Waals surface area contributed by atoms with Gasteiger partial charge in [0.25, 0.3) is 5.91 Å². The predicted molar refractivity (Wildman–Crippen MR) is 98.8 cm³/mol. The molecule has 0 aliphatic heterocycles. The monoisotopic (exact) mass is 358 g/mol. The minimum atomic E-state index is -0.870. The number of rotatable bonds is 7. The van der Waals surface area contributed by atoms with Gasteiger partial charge < -0.3 is 10.1 Å². The van der Waals surface area contributed by atoms with E-state index in [1.807, 2.05) is 43.5 Å². The SMILES string of the molecule is CSc1ncccc1C(=O)O[C@H](C)C(=O)NC[C@H](C)c1ccccc1. The van der Waals surface area contributed by atoms with Crippen LogP contribution in [0.1, 0.15) is 35.7 Å². The van der Waals surface area contributed by atoms with E-state index in [0.29, 0.717) is 17.1 Å². The smallest absolute Gasteiger partial charge is 0.341 e. The summed E-state index contributed by atoms with van der Waals surface area (Å²) in [5.74, 6) is -0.684. The molecule has 2 atom stereocenters. The van der Waals surface area contributed by atoms with Crippen LogP contribution in [0.5, 0.6) is 0 Å². The first kappa shape index (κ1) is 19.0. The van der Waals surface area contributed by atoms with Crippen molar-refractivity contribution < 1.29 is 14.3 Å². The number of carbonyl (C=O) groups is 2. The number of pyridine rings is 1. The highest BCUT2D eigenvalue weighted by atomic mass is 32.2. The maximum atomic E-state index is 12.2. The first-order chi connectivity index (χ1) is 12.0. The Hall–Kier alpha value is -2.34. The van der Waals surface area contributed by atoms with Gasteiger partial charge in [-0.15, -0.1) is 11.8 Å². The Bertz CT molecular complexity index is 722. The zero-order valence-electron chi connectivity index (χ0n) is 14.6. The van der Waals surface area contributed by atoms with Crippen LogP contribution in [0.4, 0.5) is 0 Å². The Morgan fingerprint density at radius 2 is 1.88 bits per heavy atom. The Morgan fingerprint density at radius 1 is 1.16 bits per heavy atom. The molecule has 25 heavy (non-hydrogen) atoms. The van der Waals surface area contributed by atoms with E-state index in [1.54, 1.807) is 25.3 Å². The first-order valence-corrected chi connectivity index (χ1v) is 9.28. The summed E-state index contributed by atoms with van der Waals surface area (Å²) in [5.41, 5.74) is 1.51. The number of thioether (sulfide) groups is 1. The van der Waals surface area contributed by atoms with E-state index >= 15 is 0 Å². The number of esters is 1. The van der Waals surface area contributed by atoms with Gasteiger partial charge in [0.1, 0.15) is 5.03 Å². The third kappa shape index (κ3) is 5.32. The molecule has 1 aromatic carbocycles. The van der Waals surface area contributed by atoms with Crippen molar-refractivity contribution in [1.29, 1.82) is 0 Å². The van der Waals surface area contributed by atoms with E-state index in [1.165, 1.54) is 11.8 Å². The van der Waals surface area contributed by atoms with E-state index in [-0.39, 0.29) is 11.8 Å². The van der Waals surface area contributed by atoms with Crippen molar-refractivity contribution in [2.45, 2.75) is 30.9 Å². The molecule has 0 saturated carbocycles. The molecule has 2 aromatic rings. The first-order valence-electron chi connectivity index (χ1n) is 8.05. The van der Waals surface area contributed by atoms with Gasteiger partial charge in [-0.1, -0.05) is 37.3 Å². The van der Waals surface area contributed by atoms with E-state index in [2.05, 4.69) is 10.3 Å². The van der Waals surface area contributed by atoms with Crippen molar-refractivity contribution in [3.8, 4) is 0 Å². The minimum Gasteiger partial charge on any atom is -0.449 e. The van der Waals surface area contributed by atoms with Gasteiger partial charge in [0.2, 0.25) is 0 Å². The lowest BCUT2D eigenvalue weighted by atomic mass is 10.0. The molecule has 1 heterocycles. The van der Waals surface area contributed by atoms with Crippen molar-refractivity contribution in [3.05, 3.63) is 59.8 Å². The summed E-state index contributed by atoms with van der Waals surface area (Å²) in [6, 6.07) is 13.2. The molecule has 0 spiro atoms. The number of nitrogens with zero attached hydrogens (tertiary/aromatic N) is 1. The lowest BCUT2D eigenvalue weighted by Gasteiger charge is -2.17. The highest BCUT2D eigenvalue weighted by molar-refractivity contribution is 7.98. The zero-order chi connectivity index (χ0) is 18.2. The van der Waals surface area contributed by atoms with E-state index < -0.39 is 12.1 Å². The number of benzene rings is 1. The van der Waals surface area contributed by atoms with Crippen LogP contribution < -0.4 is 5.32 Å². The lowest BCUT2D eigenvalue weighted by Crippen LogP contribution is -2.37. The summed E-state index contributed by atoms with van der Waals surface area (Å²) in [7, 11) is 0. The maximum absolute atomic E-state index is 12.2. The number of nitrogens with one attached hydrogen (secondary N) is 1. The Labute approximate surface area is 152 Å². The average molecular weight is 358 g/mol. The second kappa shape index (κ2) is 9.22. The topological polar surface area (TPSA) is 68.3 Å². The average Bonchev–Trinajstić information content (AvgIpc) is 2.66. The summed E-state index contributed by atoms with van der Waals surface area (Å²) < 4.78 is 5.27. The largest absolute Gasteiger partial charge is 0.449 e. The molecule has 0 fully saturated rings. The molecule has 0 saturated heterocycles. The molecule has 2 rings (SSSR count). The van der Waals surface area contributed by atoms with Crippen molar-refractivity contribution in [2.24, 2.45) is 0 Å². The van der Waals surface area contributed by atoms with Gasteiger partial charge in [0.15, 0.2) is 6.10 Å². The quantitative estimate of drug-likeness (QED) is 0.608. The molecule has 0 aliphatic carbocycles. The van der Waals surface area contributed by atoms with Crippen LogP contribution in [-0.4, -0.2) is 35.8 Å². The van der Waals surface area contributed by atoms with Crippen molar-refractivity contribution in [3.63, 3.8) is 0 Å². The Kier molecular flexibility index (Phi) is 7.01. The number of hydrogen-bond acceptors (Lipinski definition) is 5. The normalized spacial score (nSPS) is 12.9. The number of hydrogen-bond donors (Lipinski definition) is 1. The van der Waals surface area contributed by atoms with Crippen LogP contribution in [0.25, 0.3) is 0 Å². The second-order valence-electron chi connectivity index (χ2n) is 5.66. The van der Waals surface area contributed by atoms with Crippen LogP contribution in [-0.2, 0) is 9.53 Å². The number of carbonyl (C=O) groups excluding carboxylic acids is 2. The predicted octanol–water partition coefficient (Wildman–Crippen LogP) is 3.27. The van der Waals surface area contributed by atoms with Gasteiger partial charge >= 0.3 is 5.97 Å². The van der Waals surface area contributed by atoms with Crippen molar-refractivity contribution in [2.75, 3.05) is 12.8 Å². The van der Waals surface area contributed by atoms with Gasteiger partial charge in [-0.2, -0.15) is 0 Å². The third-order valence-corrected chi connectivity index (χ3v) is 4.50. The third-order valence-electron chi connectivity index (χ3n) is 3.79. The van der Waals surface area contributed by atoms with E-state index in [9.17, 15) is 9.59 Å². The number of amides is 1. The summed E-state index contributed by atoms with van der Waals surface area (Å²) in [5, 5.41) is 3.41. The van der Waals surface area contributed by atoms with Gasteiger partial charge in [0.05, 0.1) is 5.56 Å². The van der Waals surface area contributed by atoms with E-state index in [4.69, 9.17) is 4.74 Å². The fraction of sp³-hybridized carbons (Fsp3) is 0.316.